The van der Waals surface area contributed by atoms with Crippen molar-refractivity contribution in [3.8, 4) is 5.75 Å². The summed E-state index contributed by atoms with van der Waals surface area (Å²) in [6, 6.07) is 6.40. The number of hydrogen-bond acceptors (Lipinski definition) is 2. The maximum absolute atomic E-state index is 5.81. The predicted molar refractivity (Wildman–Crippen MR) is 57.6 cm³/mol. The van der Waals surface area contributed by atoms with Crippen molar-refractivity contribution in [3.63, 3.8) is 0 Å². The van der Waals surface area contributed by atoms with Crippen LogP contribution < -0.4 is 10.5 Å². The lowest BCUT2D eigenvalue weighted by Crippen LogP contribution is -2.14. The van der Waals surface area contributed by atoms with E-state index in [0.29, 0.717) is 6.10 Å². The fourth-order valence-corrected chi connectivity index (χ4v) is 1.96. The van der Waals surface area contributed by atoms with Crippen LogP contribution in [0.5, 0.6) is 5.75 Å². The number of rotatable bonds is 3. The first-order valence-corrected chi connectivity index (χ1v) is 5.26. The van der Waals surface area contributed by atoms with Gasteiger partial charge in [0.25, 0.3) is 0 Å². The smallest absolute Gasteiger partial charge is 0.123 e. The van der Waals surface area contributed by atoms with Gasteiger partial charge in [-0.1, -0.05) is 17.7 Å². The Kier molecular flexibility index (Phi) is 2.73. The third-order valence-corrected chi connectivity index (χ3v) is 2.69. The zero-order valence-corrected chi connectivity index (χ0v) is 8.62. The third kappa shape index (κ3) is 1.90. The van der Waals surface area contributed by atoms with E-state index in [1.54, 1.807) is 0 Å². The quantitative estimate of drug-likeness (QED) is 0.793. The molecule has 2 N–H and O–H groups in total. The number of fused-ring (bicyclic) bond motifs is 1. The lowest BCUT2D eigenvalue weighted by molar-refractivity contribution is 0.219. The largest absolute Gasteiger partial charge is 0.490 e. The first kappa shape index (κ1) is 9.53. The van der Waals surface area contributed by atoms with Crippen LogP contribution in [0.1, 0.15) is 24.0 Å². The van der Waals surface area contributed by atoms with Gasteiger partial charge in [0.15, 0.2) is 0 Å². The van der Waals surface area contributed by atoms with Gasteiger partial charge in [0, 0.05) is 6.42 Å². The minimum atomic E-state index is 0.357. The molecule has 1 atom stereocenters. The molecule has 14 heavy (non-hydrogen) atoms. The van der Waals surface area contributed by atoms with Crippen LogP contribution in [0, 0.1) is 6.92 Å². The maximum atomic E-state index is 5.81. The van der Waals surface area contributed by atoms with E-state index in [1.165, 1.54) is 11.1 Å². The first-order chi connectivity index (χ1) is 6.79. The van der Waals surface area contributed by atoms with Gasteiger partial charge in [-0.05, 0) is 37.9 Å². The fourth-order valence-electron chi connectivity index (χ4n) is 1.96. The molecule has 0 aliphatic carbocycles. The van der Waals surface area contributed by atoms with E-state index in [1.807, 2.05) is 0 Å². The minimum Gasteiger partial charge on any atom is -0.490 e. The van der Waals surface area contributed by atoms with Crippen LogP contribution in [0.15, 0.2) is 18.2 Å². The summed E-state index contributed by atoms with van der Waals surface area (Å²) in [5.41, 5.74) is 8.15. The van der Waals surface area contributed by atoms with Crippen molar-refractivity contribution >= 4 is 0 Å². The van der Waals surface area contributed by atoms with Crippen LogP contribution in [-0.4, -0.2) is 12.6 Å². The maximum Gasteiger partial charge on any atom is 0.123 e. The van der Waals surface area contributed by atoms with Gasteiger partial charge >= 0.3 is 0 Å². The molecule has 0 aromatic heterocycles. The Bertz CT molecular complexity index is 322. The van der Waals surface area contributed by atoms with Gasteiger partial charge < -0.3 is 10.5 Å². The van der Waals surface area contributed by atoms with Crippen molar-refractivity contribution in [3.05, 3.63) is 29.3 Å². The molecule has 1 heterocycles. The Hall–Kier alpha value is -1.02. The molecule has 2 nitrogen and oxygen atoms in total. The van der Waals surface area contributed by atoms with Crippen LogP contribution in [0.3, 0.4) is 0 Å². The van der Waals surface area contributed by atoms with Gasteiger partial charge in [0.05, 0.1) is 0 Å². The molecular weight excluding hydrogens is 174 g/mol. The zero-order valence-electron chi connectivity index (χ0n) is 8.62. The van der Waals surface area contributed by atoms with Crippen LogP contribution in [0.25, 0.3) is 0 Å². The average molecular weight is 191 g/mol. The second-order valence-electron chi connectivity index (χ2n) is 3.99. The summed E-state index contributed by atoms with van der Waals surface area (Å²) in [7, 11) is 0. The summed E-state index contributed by atoms with van der Waals surface area (Å²) >= 11 is 0. The van der Waals surface area contributed by atoms with E-state index < -0.39 is 0 Å². The second kappa shape index (κ2) is 4.01. The Labute approximate surface area is 85.1 Å². The molecule has 1 aliphatic heterocycles. The SMILES string of the molecule is Cc1ccc2c(c1)CC(CCCN)O2. The third-order valence-electron chi connectivity index (χ3n) is 2.69. The minimum absolute atomic E-state index is 0.357. The highest BCUT2D eigenvalue weighted by atomic mass is 16.5. The van der Waals surface area contributed by atoms with Crippen molar-refractivity contribution in [2.75, 3.05) is 6.54 Å². The van der Waals surface area contributed by atoms with Crippen LogP contribution in [0.2, 0.25) is 0 Å². The highest BCUT2D eigenvalue weighted by Gasteiger charge is 2.21. The summed E-state index contributed by atoms with van der Waals surface area (Å²) in [6.07, 6.45) is 3.54. The van der Waals surface area contributed by atoms with Gasteiger partial charge in [0.2, 0.25) is 0 Å². The Morgan fingerprint density at radius 1 is 1.50 bits per heavy atom. The lowest BCUT2D eigenvalue weighted by Gasteiger charge is -2.08. The van der Waals surface area contributed by atoms with E-state index >= 15 is 0 Å². The fraction of sp³-hybridized carbons (Fsp3) is 0.500. The van der Waals surface area contributed by atoms with Gasteiger partial charge in [-0.2, -0.15) is 0 Å². The highest BCUT2D eigenvalue weighted by molar-refractivity contribution is 5.40. The topological polar surface area (TPSA) is 35.2 Å². The standard InChI is InChI=1S/C12H17NO/c1-9-4-5-12-10(7-9)8-11(14-12)3-2-6-13/h4-5,7,11H,2-3,6,8,13H2,1H3. The molecule has 1 aliphatic rings. The summed E-state index contributed by atoms with van der Waals surface area (Å²) in [6.45, 7) is 2.88. The monoisotopic (exact) mass is 191 g/mol. The van der Waals surface area contributed by atoms with Crippen molar-refractivity contribution < 1.29 is 4.74 Å². The molecule has 76 valence electrons. The molecule has 1 aromatic carbocycles. The molecule has 2 heteroatoms. The molecule has 1 aromatic rings. The number of hydrogen-bond donors (Lipinski definition) is 1. The Morgan fingerprint density at radius 2 is 2.36 bits per heavy atom. The molecule has 0 radical (unpaired) electrons. The molecule has 0 saturated carbocycles. The zero-order chi connectivity index (χ0) is 9.97. The van der Waals surface area contributed by atoms with Gasteiger partial charge in [-0.15, -0.1) is 0 Å². The molecule has 0 bridgehead atoms. The molecular formula is C12H17NO. The van der Waals surface area contributed by atoms with E-state index in [4.69, 9.17) is 10.5 Å². The number of ether oxygens (including phenoxy) is 1. The number of benzene rings is 1. The van der Waals surface area contributed by atoms with Gasteiger partial charge in [-0.25, -0.2) is 0 Å². The highest BCUT2D eigenvalue weighted by Crippen LogP contribution is 2.30. The molecule has 0 saturated heterocycles. The van der Waals surface area contributed by atoms with Crippen molar-refractivity contribution in [2.45, 2.75) is 32.3 Å². The van der Waals surface area contributed by atoms with E-state index in [0.717, 1.165) is 31.6 Å². The number of aryl methyl sites for hydroxylation is 1. The van der Waals surface area contributed by atoms with E-state index in [2.05, 4.69) is 25.1 Å². The molecule has 0 spiro atoms. The molecule has 1 unspecified atom stereocenters. The first-order valence-electron chi connectivity index (χ1n) is 5.26. The Morgan fingerprint density at radius 3 is 3.14 bits per heavy atom. The van der Waals surface area contributed by atoms with Crippen molar-refractivity contribution in [1.82, 2.24) is 0 Å². The van der Waals surface area contributed by atoms with Crippen LogP contribution >= 0.6 is 0 Å². The molecule has 2 rings (SSSR count). The van der Waals surface area contributed by atoms with E-state index in [-0.39, 0.29) is 0 Å². The molecule has 0 amide bonds. The number of nitrogens with two attached hydrogens (primary N) is 1. The average Bonchev–Trinajstić information content (AvgIpc) is 2.56. The van der Waals surface area contributed by atoms with Gasteiger partial charge in [-0.3, -0.25) is 0 Å². The van der Waals surface area contributed by atoms with E-state index in [9.17, 15) is 0 Å². The Balaban J connectivity index is 2.03. The summed E-state index contributed by atoms with van der Waals surface area (Å²) in [5.74, 6) is 1.07. The normalized spacial score (nSPS) is 19.1. The summed E-state index contributed by atoms with van der Waals surface area (Å²) in [5, 5.41) is 0. The van der Waals surface area contributed by atoms with Gasteiger partial charge in [0.1, 0.15) is 11.9 Å². The summed E-state index contributed by atoms with van der Waals surface area (Å²) < 4.78 is 5.81. The van der Waals surface area contributed by atoms with Crippen molar-refractivity contribution in [1.29, 1.82) is 0 Å². The second-order valence-corrected chi connectivity index (χ2v) is 3.99. The van der Waals surface area contributed by atoms with Crippen molar-refractivity contribution in [2.24, 2.45) is 5.73 Å². The predicted octanol–water partition coefficient (Wildman–Crippen LogP) is 2.04. The molecule has 0 fully saturated rings. The summed E-state index contributed by atoms with van der Waals surface area (Å²) in [4.78, 5) is 0. The lowest BCUT2D eigenvalue weighted by atomic mass is 10.0. The van der Waals surface area contributed by atoms with Crippen LogP contribution in [0.4, 0.5) is 0 Å². The van der Waals surface area contributed by atoms with Crippen LogP contribution in [-0.2, 0) is 6.42 Å².